The third-order valence-corrected chi connectivity index (χ3v) is 2.99. The predicted molar refractivity (Wildman–Crippen MR) is 75.4 cm³/mol. The largest absolute Gasteiger partial charge is 0.378 e. The van der Waals surface area contributed by atoms with Crippen LogP contribution in [0.2, 0.25) is 0 Å². The predicted octanol–water partition coefficient (Wildman–Crippen LogP) is 2.82. The molecular weight excluding hydrogens is 216 g/mol. The van der Waals surface area contributed by atoms with E-state index in [1.54, 1.807) is 0 Å². The number of rotatable bonds is 4. The second-order valence-corrected chi connectivity index (χ2v) is 4.63. The van der Waals surface area contributed by atoms with Crippen molar-refractivity contribution >= 4 is 22.9 Å². The molecule has 0 saturated carbocycles. The molecule has 0 amide bonds. The van der Waals surface area contributed by atoms with Gasteiger partial charge >= 0.3 is 0 Å². The molecule has 88 valence electrons. The van der Waals surface area contributed by atoms with E-state index in [9.17, 15) is 0 Å². The zero-order chi connectivity index (χ0) is 12.1. The molecule has 16 heavy (non-hydrogen) atoms. The van der Waals surface area contributed by atoms with E-state index >= 15 is 0 Å². The molecule has 0 fully saturated rings. The van der Waals surface area contributed by atoms with Crippen LogP contribution in [0, 0.1) is 0 Å². The molecule has 3 heteroatoms. The summed E-state index contributed by atoms with van der Waals surface area (Å²) in [7, 11) is 4.06. The Hall–Kier alpha value is -1.09. The van der Waals surface area contributed by atoms with E-state index in [0.29, 0.717) is 6.04 Å². The van der Waals surface area contributed by atoms with Gasteiger partial charge in [-0.15, -0.1) is 0 Å². The Labute approximate surface area is 104 Å². The zero-order valence-electron chi connectivity index (χ0n) is 10.4. The molecule has 0 bridgehead atoms. The molecule has 2 nitrogen and oxygen atoms in total. The Morgan fingerprint density at radius 3 is 2.31 bits per heavy atom. The second-order valence-electron chi connectivity index (χ2n) is 4.22. The molecular formula is C13H20N2S. The summed E-state index contributed by atoms with van der Waals surface area (Å²) in [5, 5.41) is 3.31. The van der Waals surface area contributed by atoms with Crippen molar-refractivity contribution in [3.05, 3.63) is 29.8 Å². The number of hydrogen-bond donors (Lipinski definition) is 1. The van der Waals surface area contributed by atoms with Crippen molar-refractivity contribution in [2.24, 2.45) is 0 Å². The van der Waals surface area contributed by atoms with Gasteiger partial charge in [-0.3, -0.25) is 0 Å². The Morgan fingerprint density at radius 1 is 1.31 bits per heavy atom. The smallest absolute Gasteiger partial charge is 0.106 e. The summed E-state index contributed by atoms with van der Waals surface area (Å²) in [4.78, 5) is 2.91. The van der Waals surface area contributed by atoms with Gasteiger partial charge in [-0.2, -0.15) is 0 Å². The minimum absolute atomic E-state index is 0.432. The van der Waals surface area contributed by atoms with Gasteiger partial charge in [0.1, 0.15) is 4.99 Å². The fraction of sp³-hybridized carbons (Fsp3) is 0.462. The number of anilines is 1. The maximum absolute atomic E-state index is 5.35. The molecule has 0 saturated heterocycles. The summed E-state index contributed by atoms with van der Waals surface area (Å²) in [5.41, 5.74) is 2.27. The summed E-state index contributed by atoms with van der Waals surface area (Å²) >= 11 is 5.35. The first-order valence-corrected chi connectivity index (χ1v) is 6.03. The summed E-state index contributed by atoms with van der Waals surface area (Å²) in [6, 6.07) is 8.72. The molecule has 1 aromatic carbocycles. The summed E-state index contributed by atoms with van der Waals surface area (Å²) < 4.78 is 0. The molecule has 0 heterocycles. The molecule has 1 unspecified atom stereocenters. The van der Waals surface area contributed by atoms with E-state index < -0.39 is 0 Å². The van der Waals surface area contributed by atoms with Gasteiger partial charge in [-0.25, -0.2) is 0 Å². The van der Waals surface area contributed by atoms with Crippen LogP contribution in [0.15, 0.2) is 24.3 Å². The van der Waals surface area contributed by atoms with E-state index in [2.05, 4.69) is 48.3 Å². The van der Waals surface area contributed by atoms with Crippen LogP contribution in [-0.2, 0) is 0 Å². The van der Waals surface area contributed by atoms with Crippen molar-refractivity contribution < 1.29 is 0 Å². The zero-order valence-corrected chi connectivity index (χ0v) is 11.3. The maximum Gasteiger partial charge on any atom is 0.106 e. The first-order chi connectivity index (χ1) is 7.54. The van der Waals surface area contributed by atoms with E-state index in [0.717, 1.165) is 17.0 Å². The van der Waals surface area contributed by atoms with Crippen LogP contribution in [0.5, 0.6) is 0 Å². The molecule has 1 N–H and O–H groups in total. The minimum atomic E-state index is 0.432. The van der Waals surface area contributed by atoms with Gasteiger partial charge < -0.3 is 10.2 Å². The van der Waals surface area contributed by atoms with Gasteiger partial charge in [0, 0.05) is 31.4 Å². The third kappa shape index (κ3) is 3.49. The SMILES string of the molecule is CCC(C)NC(=S)c1ccc(N(C)C)cc1. The van der Waals surface area contributed by atoms with Crippen LogP contribution in [0.25, 0.3) is 0 Å². The van der Waals surface area contributed by atoms with Crippen LogP contribution in [0.3, 0.4) is 0 Å². The normalized spacial score (nSPS) is 12.0. The lowest BCUT2D eigenvalue weighted by Crippen LogP contribution is -2.31. The van der Waals surface area contributed by atoms with E-state index in [1.807, 2.05) is 14.1 Å². The molecule has 0 aliphatic carbocycles. The van der Waals surface area contributed by atoms with Gasteiger partial charge in [0.2, 0.25) is 0 Å². The lowest BCUT2D eigenvalue weighted by atomic mass is 10.1. The fourth-order valence-corrected chi connectivity index (χ4v) is 1.66. The van der Waals surface area contributed by atoms with Crippen molar-refractivity contribution in [3.63, 3.8) is 0 Å². The van der Waals surface area contributed by atoms with Crippen LogP contribution in [0.1, 0.15) is 25.8 Å². The number of nitrogens with zero attached hydrogens (tertiary/aromatic N) is 1. The van der Waals surface area contributed by atoms with Gasteiger partial charge in [-0.1, -0.05) is 19.1 Å². The minimum Gasteiger partial charge on any atom is -0.378 e. The van der Waals surface area contributed by atoms with Gasteiger partial charge in [0.05, 0.1) is 0 Å². The lowest BCUT2D eigenvalue weighted by molar-refractivity contribution is 0.647. The fourth-order valence-electron chi connectivity index (χ4n) is 1.32. The van der Waals surface area contributed by atoms with Gasteiger partial charge in [0.15, 0.2) is 0 Å². The van der Waals surface area contributed by atoms with Crippen LogP contribution in [-0.4, -0.2) is 25.1 Å². The number of hydrogen-bond acceptors (Lipinski definition) is 2. The van der Waals surface area contributed by atoms with E-state index in [4.69, 9.17) is 12.2 Å². The molecule has 1 rings (SSSR count). The molecule has 1 aromatic rings. The topological polar surface area (TPSA) is 15.3 Å². The van der Waals surface area contributed by atoms with Crippen molar-refractivity contribution in [2.45, 2.75) is 26.3 Å². The quantitative estimate of drug-likeness (QED) is 0.809. The van der Waals surface area contributed by atoms with Crippen LogP contribution < -0.4 is 10.2 Å². The Balaban J connectivity index is 2.70. The third-order valence-electron chi connectivity index (χ3n) is 2.64. The van der Waals surface area contributed by atoms with E-state index in [-0.39, 0.29) is 0 Å². The standard InChI is InChI=1S/C13H20N2S/c1-5-10(2)14-13(16)11-6-8-12(9-7-11)15(3)4/h6-10H,5H2,1-4H3,(H,14,16). The highest BCUT2D eigenvalue weighted by molar-refractivity contribution is 7.80. The molecule has 0 radical (unpaired) electrons. The first kappa shape index (κ1) is 13.0. The molecule has 1 atom stereocenters. The average Bonchev–Trinajstić information content (AvgIpc) is 2.28. The Kier molecular flexibility index (Phi) is 4.74. The maximum atomic E-state index is 5.35. The molecule has 0 aromatic heterocycles. The number of nitrogens with one attached hydrogen (secondary N) is 1. The number of thiocarbonyl (C=S) groups is 1. The van der Waals surface area contributed by atoms with Crippen molar-refractivity contribution in [3.8, 4) is 0 Å². The van der Waals surface area contributed by atoms with Crippen LogP contribution >= 0.6 is 12.2 Å². The van der Waals surface area contributed by atoms with Gasteiger partial charge in [-0.05, 0) is 37.6 Å². The Bertz CT molecular complexity index is 343. The summed E-state index contributed by atoms with van der Waals surface area (Å²) in [6.07, 6.45) is 1.08. The van der Waals surface area contributed by atoms with Crippen molar-refractivity contribution in [1.82, 2.24) is 5.32 Å². The highest BCUT2D eigenvalue weighted by Gasteiger charge is 2.04. The average molecular weight is 236 g/mol. The highest BCUT2D eigenvalue weighted by Crippen LogP contribution is 2.12. The second kappa shape index (κ2) is 5.85. The van der Waals surface area contributed by atoms with Crippen molar-refractivity contribution in [1.29, 1.82) is 0 Å². The van der Waals surface area contributed by atoms with Gasteiger partial charge in [0.25, 0.3) is 0 Å². The summed E-state index contributed by atoms with van der Waals surface area (Å²) in [5.74, 6) is 0. The van der Waals surface area contributed by atoms with Crippen molar-refractivity contribution in [2.75, 3.05) is 19.0 Å². The van der Waals surface area contributed by atoms with E-state index in [1.165, 1.54) is 5.69 Å². The summed E-state index contributed by atoms with van der Waals surface area (Å²) in [6.45, 7) is 4.29. The number of benzene rings is 1. The van der Waals surface area contributed by atoms with Crippen LogP contribution in [0.4, 0.5) is 5.69 Å². The first-order valence-electron chi connectivity index (χ1n) is 5.62. The Morgan fingerprint density at radius 2 is 1.88 bits per heavy atom. The lowest BCUT2D eigenvalue weighted by Gasteiger charge is -2.16. The highest BCUT2D eigenvalue weighted by atomic mass is 32.1. The molecule has 0 spiro atoms. The monoisotopic (exact) mass is 236 g/mol. The molecule has 0 aliphatic rings. The molecule has 0 aliphatic heterocycles.